The molecule has 0 unspecified atom stereocenters. The van der Waals surface area contributed by atoms with E-state index in [-0.39, 0.29) is 11.1 Å². The third kappa shape index (κ3) is 5.81. The monoisotopic (exact) mass is 680 g/mol. The Balaban J connectivity index is 1.22. The number of allylic oxidation sites excluding steroid dienone is 2. The summed E-state index contributed by atoms with van der Waals surface area (Å²) in [6, 6.07) is 29.2. The molecule has 7 aromatic rings. The summed E-state index contributed by atoms with van der Waals surface area (Å²) in [7, 11) is 0. The third-order valence-corrected chi connectivity index (χ3v) is 10.3. The summed E-state index contributed by atoms with van der Waals surface area (Å²) in [6.07, 6.45) is -5.57. The van der Waals surface area contributed by atoms with Gasteiger partial charge < -0.3 is 0 Å². The number of nitriles is 2. The number of nitrogens with zero attached hydrogens (tertiary/aromatic N) is 2. The number of hydrogen-bond donors (Lipinski definition) is 0. The average molecular weight is 681 g/mol. The highest BCUT2D eigenvalue weighted by atomic mass is 32.1. The van der Waals surface area contributed by atoms with Crippen molar-refractivity contribution in [2.45, 2.75) is 12.4 Å². The lowest BCUT2D eigenvalue weighted by molar-refractivity contribution is -0.138. The van der Waals surface area contributed by atoms with Crippen molar-refractivity contribution in [2.24, 2.45) is 0 Å². The SMILES string of the molecule is N#C/C(=C\c1ccc2c(c1)sc1cc3c(cc12)sc1cc(/C=C(\C#N)c2ccc(C(F)(F)F)cc2)ccc13)c1ccc(C(F)(F)F)cc1. The zero-order valence-electron chi connectivity index (χ0n) is 24.4. The summed E-state index contributed by atoms with van der Waals surface area (Å²) in [5.74, 6) is 0. The Morgan fingerprint density at radius 2 is 0.833 bits per heavy atom. The van der Waals surface area contributed by atoms with Gasteiger partial charge in [-0.1, -0.05) is 48.5 Å². The van der Waals surface area contributed by atoms with Gasteiger partial charge >= 0.3 is 12.4 Å². The maximum atomic E-state index is 13.0. The molecule has 7 rings (SSSR count). The number of fused-ring (bicyclic) bond motifs is 6. The van der Waals surface area contributed by atoms with Crippen molar-refractivity contribution >= 4 is 86.3 Å². The van der Waals surface area contributed by atoms with Crippen LogP contribution in [0.15, 0.2) is 97.1 Å². The molecule has 5 aromatic carbocycles. The van der Waals surface area contributed by atoms with Crippen LogP contribution in [-0.2, 0) is 12.4 Å². The fourth-order valence-electron chi connectivity index (χ4n) is 5.63. The molecule has 2 nitrogen and oxygen atoms in total. The van der Waals surface area contributed by atoms with Crippen molar-refractivity contribution in [1.82, 2.24) is 0 Å². The van der Waals surface area contributed by atoms with Gasteiger partial charge in [-0.3, -0.25) is 0 Å². The molecule has 0 aliphatic rings. The van der Waals surface area contributed by atoms with E-state index in [1.807, 2.05) is 36.4 Å². The summed E-state index contributed by atoms with van der Waals surface area (Å²) in [5, 5.41) is 23.7. The minimum atomic E-state index is -4.45. The van der Waals surface area contributed by atoms with Gasteiger partial charge in [-0.25, -0.2) is 0 Å². The molecule has 0 fully saturated rings. The summed E-state index contributed by atoms with van der Waals surface area (Å²) in [4.78, 5) is 0. The standard InChI is InChI=1S/C38H18F6N2S2/c39-37(40,41)27-7-3-23(4-8-27)25(19-45)13-21-1-11-29-31-17-36-32(18-35(31)47-33(29)15-21)30-12-2-22(16-34(30)48-36)14-26(20-46)24-5-9-28(10-6-24)38(42,43)44/h1-18H/b25-13+,26-14+. The first-order chi connectivity index (χ1) is 22.9. The van der Waals surface area contributed by atoms with Crippen molar-refractivity contribution < 1.29 is 26.3 Å². The maximum Gasteiger partial charge on any atom is 0.416 e. The average Bonchev–Trinajstić information content (AvgIpc) is 3.60. The van der Waals surface area contributed by atoms with Crippen molar-refractivity contribution in [1.29, 1.82) is 10.5 Å². The van der Waals surface area contributed by atoms with Gasteiger partial charge in [-0.2, -0.15) is 36.9 Å². The molecule has 0 amide bonds. The van der Waals surface area contributed by atoms with E-state index in [0.29, 0.717) is 11.1 Å². The number of rotatable bonds is 4. The normalized spacial score (nSPS) is 13.0. The second-order valence-corrected chi connectivity index (χ2v) is 13.2. The van der Waals surface area contributed by atoms with Crippen molar-refractivity contribution in [3.63, 3.8) is 0 Å². The molecule has 2 aromatic heterocycles. The molecule has 0 saturated carbocycles. The summed E-state index contributed by atoms with van der Waals surface area (Å²) in [5.41, 5.74) is 1.28. The first-order valence-corrected chi connectivity index (χ1v) is 16.0. The van der Waals surface area contributed by atoms with Crippen LogP contribution in [0.4, 0.5) is 26.3 Å². The molecule has 0 saturated heterocycles. The minimum Gasteiger partial charge on any atom is -0.192 e. The maximum absolute atomic E-state index is 13.0. The highest BCUT2D eigenvalue weighted by Gasteiger charge is 2.31. The van der Waals surface area contributed by atoms with Crippen LogP contribution in [0.5, 0.6) is 0 Å². The number of alkyl halides is 6. The van der Waals surface area contributed by atoms with Gasteiger partial charge in [0.05, 0.1) is 34.4 Å². The first kappa shape index (κ1) is 31.2. The van der Waals surface area contributed by atoms with E-state index in [1.54, 1.807) is 34.8 Å². The molecule has 10 heteroatoms. The molecule has 0 atom stereocenters. The fraction of sp³-hybridized carbons (Fsp3) is 0.0526. The quantitative estimate of drug-likeness (QED) is 0.106. The number of halogens is 6. The number of benzene rings is 5. The van der Waals surface area contributed by atoms with Crippen LogP contribution in [-0.4, -0.2) is 0 Å². The van der Waals surface area contributed by atoms with Crippen molar-refractivity contribution in [3.05, 3.63) is 130 Å². The van der Waals surface area contributed by atoms with Gasteiger partial charge in [0, 0.05) is 40.3 Å². The van der Waals surface area contributed by atoms with E-state index >= 15 is 0 Å². The first-order valence-electron chi connectivity index (χ1n) is 14.3. The lowest BCUT2D eigenvalue weighted by atomic mass is 10.0. The highest BCUT2D eigenvalue weighted by Crippen LogP contribution is 2.42. The van der Waals surface area contributed by atoms with E-state index in [2.05, 4.69) is 24.3 Å². The Hall–Kier alpha value is -5.42. The van der Waals surface area contributed by atoms with E-state index in [4.69, 9.17) is 0 Å². The molecular formula is C38H18F6N2S2. The minimum absolute atomic E-state index is 0.256. The van der Waals surface area contributed by atoms with Crippen LogP contribution in [0.25, 0.3) is 63.6 Å². The van der Waals surface area contributed by atoms with Crippen LogP contribution >= 0.6 is 22.7 Å². The molecule has 0 bridgehead atoms. The Morgan fingerprint density at radius 1 is 0.479 bits per heavy atom. The molecule has 48 heavy (non-hydrogen) atoms. The van der Waals surface area contributed by atoms with Gasteiger partial charge in [0.2, 0.25) is 0 Å². The van der Waals surface area contributed by atoms with Gasteiger partial charge in [0.1, 0.15) is 0 Å². The van der Waals surface area contributed by atoms with Crippen LogP contribution in [0.3, 0.4) is 0 Å². The molecule has 0 aliphatic heterocycles. The summed E-state index contributed by atoms with van der Waals surface area (Å²) in [6.45, 7) is 0. The summed E-state index contributed by atoms with van der Waals surface area (Å²) >= 11 is 3.21. The van der Waals surface area contributed by atoms with Gasteiger partial charge in [-0.05, 0) is 82.9 Å². The predicted octanol–water partition coefficient (Wildman–Crippen LogP) is 12.6. The molecular weight excluding hydrogens is 663 g/mol. The highest BCUT2D eigenvalue weighted by molar-refractivity contribution is 7.27. The van der Waals surface area contributed by atoms with Gasteiger partial charge in [0.25, 0.3) is 0 Å². The van der Waals surface area contributed by atoms with E-state index < -0.39 is 23.5 Å². The lowest BCUT2D eigenvalue weighted by Gasteiger charge is -2.07. The van der Waals surface area contributed by atoms with Gasteiger partial charge in [-0.15, -0.1) is 22.7 Å². The van der Waals surface area contributed by atoms with Crippen molar-refractivity contribution in [3.8, 4) is 12.1 Å². The topological polar surface area (TPSA) is 47.6 Å². The lowest BCUT2D eigenvalue weighted by Crippen LogP contribution is -2.04. The Labute approximate surface area is 277 Å². The zero-order chi connectivity index (χ0) is 33.8. The fourth-order valence-corrected chi connectivity index (χ4v) is 7.98. The van der Waals surface area contributed by atoms with E-state index in [9.17, 15) is 36.9 Å². The van der Waals surface area contributed by atoms with Crippen LogP contribution < -0.4 is 0 Å². The van der Waals surface area contributed by atoms with E-state index in [1.165, 1.54) is 24.3 Å². The van der Waals surface area contributed by atoms with Gasteiger partial charge in [0.15, 0.2) is 0 Å². The molecule has 0 aliphatic carbocycles. The van der Waals surface area contributed by atoms with E-state index in [0.717, 1.165) is 75.7 Å². The second kappa shape index (κ2) is 11.7. The Morgan fingerprint density at radius 3 is 1.17 bits per heavy atom. The van der Waals surface area contributed by atoms with Crippen molar-refractivity contribution in [2.75, 3.05) is 0 Å². The zero-order valence-corrected chi connectivity index (χ0v) is 26.0. The van der Waals surface area contributed by atoms with Crippen LogP contribution in [0.1, 0.15) is 33.4 Å². The predicted molar refractivity (Wildman–Crippen MR) is 182 cm³/mol. The summed E-state index contributed by atoms with van der Waals surface area (Å²) < 4.78 is 82.0. The molecule has 0 N–H and O–H groups in total. The molecule has 0 radical (unpaired) electrons. The molecule has 234 valence electrons. The number of hydrogen-bond acceptors (Lipinski definition) is 4. The smallest absolute Gasteiger partial charge is 0.192 e. The second-order valence-electron chi connectivity index (χ2n) is 11.0. The largest absolute Gasteiger partial charge is 0.416 e. The number of thiophene rings is 2. The Kier molecular flexibility index (Phi) is 7.59. The Bertz CT molecular complexity index is 2360. The van der Waals surface area contributed by atoms with Crippen LogP contribution in [0.2, 0.25) is 0 Å². The molecule has 0 spiro atoms. The molecule has 2 heterocycles. The third-order valence-electron chi connectivity index (χ3n) is 8.02. The van der Waals surface area contributed by atoms with Crippen LogP contribution in [0, 0.1) is 22.7 Å².